The highest BCUT2D eigenvalue weighted by Crippen LogP contribution is 2.36. The Morgan fingerprint density at radius 2 is 1.55 bits per heavy atom. The standard InChI is InChI=1S/C22H16F3NO2S/c1-15-9-11-18(12-10-15)29(27,28)26-14-20(19-7-2-3-8-21(19)26)16-5-4-6-17(13-16)22(23,24)25/h2-14H,1H3. The van der Waals surface area contributed by atoms with Crippen molar-refractivity contribution in [2.45, 2.75) is 18.0 Å². The van der Waals surface area contributed by atoms with Gasteiger partial charge in [-0.15, -0.1) is 0 Å². The minimum atomic E-state index is -4.48. The highest BCUT2D eigenvalue weighted by molar-refractivity contribution is 7.90. The van der Waals surface area contributed by atoms with Crippen molar-refractivity contribution < 1.29 is 21.6 Å². The van der Waals surface area contributed by atoms with Gasteiger partial charge in [0.15, 0.2) is 0 Å². The van der Waals surface area contributed by atoms with Crippen molar-refractivity contribution in [3.8, 4) is 11.1 Å². The lowest BCUT2D eigenvalue weighted by molar-refractivity contribution is -0.137. The van der Waals surface area contributed by atoms with Gasteiger partial charge in [-0.05, 0) is 42.8 Å². The topological polar surface area (TPSA) is 39.1 Å². The molecule has 0 aliphatic heterocycles. The lowest BCUT2D eigenvalue weighted by Gasteiger charge is -2.08. The molecule has 0 amide bonds. The highest BCUT2D eigenvalue weighted by atomic mass is 32.2. The predicted molar refractivity (Wildman–Crippen MR) is 106 cm³/mol. The zero-order valence-electron chi connectivity index (χ0n) is 15.3. The second-order valence-corrected chi connectivity index (χ2v) is 8.57. The number of rotatable bonds is 3. The molecule has 4 aromatic rings. The molecular weight excluding hydrogens is 399 g/mol. The van der Waals surface area contributed by atoms with Crippen LogP contribution < -0.4 is 0 Å². The van der Waals surface area contributed by atoms with E-state index in [-0.39, 0.29) is 4.90 Å². The Bertz CT molecular complexity index is 1300. The Kier molecular flexibility index (Phi) is 4.50. The third-order valence-corrected chi connectivity index (χ3v) is 6.44. The summed E-state index contributed by atoms with van der Waals surface area (Å²) in [7, 11) is -3.91. The molecule has 0 unspecified atom stereocenters. The van der Waals surface area contributed by atoms with Gasteiger partial charge >= 0.3 is 6.18 Å². The minimum absolute atomic E-state index is 0.111. The maximum Gasteiger partial charge on any atom is 0.416 e. The summed E-state index contributed by atoms with van der Waals surface area (Å²) < 4.78 is 67.0. The van der Waals surface area contributed by atoms with E-state index in [0.717, 1.165) is 21.7 Å². The van der Waals surface area contributed by atoms with Gasteiger partial charge in [0.25, 0.3) is 10.0 Å². The molecule has 0 saturated heterocycles. The molecule has 0 aliphatic rings. The second kappa shape index (κ2) is 6.77. The quantitative estimate of drug-likeness (QED) is 0.420. The summed E-state index contributed by atoms with van der Waals surface area (Å²) in [5, 5.41) is 0.558. The van der Waals surface area contributed by atoms with Crippen LogP contribution in [0.1, 0.15) is 11.1 Å². The molecule has 3 aromatic carbocycles. The van der Waals surface area contributed by atoms with E-state index >= 15 is 0 Å². The molecule has 1 aromatic heterocycles. The van der Waals surface area contributed by atoms with Gasteiger partial charge in [-0.3, -0.25) is 0 Å². The summed E-state index contributed by atoms with van der Waals surface area (Å²) in [6, 6.07) is 18.1. The number of hydrogen-bond acceptors (Lipinski definition) is 2. The number of para-hydroxylation sites is 1. The van der Waals surface area contributed by atoms with E-state index < -0.39 is 21.8 Å². The van der Waals surface area contributed by atoms with Crippen LogP contribution in [0, 0.1) is 6.92 Å². The fourth-order valence-electron chi connectivity index (χ4n) is 3.27. The summed E-state index contributed by atoms with van der Waals surface area (Å²) >= 11 is 0. The highest BCUT2D eigenvalue weighted by Gasteiger charge is 2.31. The van der Waals surface area contributed by atoms with Crippen LogP contribution in [0.5, 0.6) is 0 Å². The van der Waals surface area contributed by atoms with Gasteiger partial charge in [-0.2, -0.15) is 13.2 Å². The first-order valence-electron chi connectivity index (χ1n) is 8.78. The molecule has 29 heavy (non-hydrogen) atoms. The normalized spacial score (nSPS) is 12.4. The Balaban J connectivity index is 1.95. The Hall–Kier alpha value is -3.06. The van der Waals surface area contributed by atoms with Crippen LogP contribution in [0.15, 0.2) is 83.9 Å². The zero-order valence-corrected chi connectivity index (χ0v) is 16.1. The molecular formula is C22H16F3NO2S. The Morgan fingerprint density at radius 3 is 2.24 bits per heavy atom. The SMILES string of the molecule is Cc1ccc(S(=O)(=O)n2cc(-c3cccc(C(F)(F)F)c3)c3ccccc32)cc1. The van der Waals surface area contributed by atoms with Crippen LogP contribution in [0.2, 0.25) is 0 Å². The van der Waals surface area contributed by atoms with Crippen molar-refractivity contribution in [1.29, 1.82) is 0 Å². The van der Waals surface area contributed by atoms with Crippen LogP contribution in [0.4, 0.5) is 13.2 Å². The fourth-order valence-corrected chi connectivity index (χ4v) is 4.64. The second-order valence-electron chi connectivity index (χ2n) is 6.75. The van der Waals surface area contributed by atoms with Gasteiger partial charge < -0.3 is 0 Å². The van der Waals surface area contributed by atoms with Crippen LogP contribution in [0.25, 0.3) is 22.0 Å². The lowest BCUT2D eigenvalue weighted by Crippen LogP contribution is -2.11. The fraction of sp³-hybridized carbons (Fsp3) is 0.0909. The number of nitrogens with zero attached hydrogens (tertiary/aromatic N) is 1. The number of benzene rings is 3. The molecule has 0 fully saturated rings. The van der Waals surface area contributed by atoms with Crippen molar-refractivity contribution in [2.24, 2.45) is 0 Å². The molecule has 0 N–H and O–H groups in total. The van der Waals surface area contributed by atoms with Crippen molar-refractivity contribution in [3.05, 3.63) is 90.1 Å². The average Bonchev–Trinajstić information content (AvgIpc) is 3.08. The zero-order chi connectivity index (χ0) is 20.8. The maximum absolute atomic E-state index is 13.2. The van der Waals surface area contributed by atoms with Crippen molar-refractivity contribution in [1.82, 2.24) is 3.97 Å². The van der Waals surface area contributed by atoms with Gasteiger partial charge in [-0.1, -0.05) is 48.0 Å². The number of hydrogen-bond donors (Lipinski definition) is 0. The number of aryl methyl sites for hydroxylation is 1. The molecule has 0 atom stereocenters. The molecule has 0 saturated carbocycles. The molecule has 4 rings (SSSR count). The van der Waals surface area contributed by atoms with Crippen molar-refractivity contribution in [3.63, 3.8) is 0 Å². The first kappa shape index (κ1) is 19.3. The first-order valence-corrected chi connectivity index (χ1v) is 10.2. The average molecular weight is 415 g/mol. The smallest absolute Gasteiger partial charge is 0.241 e. The van der Waals surface area contributed by atoms with Gasteiger partial charge in [0, 0.05) is 17.1 Å². The van der Waals surface area contributed by atoms with Crippen LogP contribution >= 0.6 is 0 Å². The number of alkyl halides is 3. The third kappa shape index (κ3) is 3.42. The number of aromatic nitrogens is 1. The summed E-state index contributed by atoms with van der Waals surface area (Å²) in [6.45, 7) is 1.85. The largest absolute Gasteiger partial charge is 0.416 e. The molecule has 1 heterocycles. The molecule has 0 radical (unpaired) electrons. The van der Waals surface area contributed by atoms with Crippen LogP contribution in [-0.2, 0) is 16.2 Å². The van der Waals surface area contributed by atoms with Gasteiger partial charge in [0.1, 0.15) is 0 Å². The monoisotopic (exact) mass is 415 g/mol. The van der Waals surface area contributed by atoms with Gasteiger partial charge in [0.05, 0.1) is 16.0 Å². The first-order chi connectivity index (χ1) is 13.7. The summed E-state index contributed by atoms with van der Waals surface area (Å²) in [5.74, 6) is 0. The van der Waals surface area contributed by atoms with E-state index in [9.17, 15) is 21.6 Å². The van der Waals surface area contributed by atoms with Crippen LogP contribution in [0.3, 0.4) is 0 Å². The van der Waals surface area contributed by atoms with E-state index in [0.29, 0.717) is 22.0 Å². The Morgan fingerprint density at radius 1 is 0.862 bits per heavy atom. The van der Waals surface area contributed by atoms with E-state index in [4.69, 9.17) is 0 Å². The van der Waals surface area contributed by atoms with E-state index in [1.54, 1.807) is 42.5 Å². The molecule has 3 nitrogen and oxygen atoms in total. The Labute approximate surface area is 166 Å². The molecule has 0 aliphatic carbocycles. The third-order valence-electron chi connectivity index (χ3n) is 4.76. The van der Waals surface area contributed by atoms with Crippen molar-refractivity contribution >= 4 is 20.9 Å². The van der Waals surface area contributed by atoms with Gasteiger partial charge in [-0.25, -0.2) is 12.4 Å². The van der Waals surface area contributed by atoms with E-state index in [1.165, 1.54) is 24.4 Å². The molecule has 0 spiro atoms. The summed E-state index contributed by atoms with van der Waals surface area (Å²) in [4.78, 5) is 0.111. The minimum Gasteiger partial charge on any atom is -0.241 e. The van der Waals surface area contributed by atoms with Crippen LogP contribution in [-0.4, -0.2) is 12.4 Å². The maximum atomic E-state index is 13.2. The van der Waals surface area contributed by atoms with E-state index in [1.807, 2.05) is 6.92 Å². The molecule has 7 heteroatoms. The summed E-state index contributed by atoms with van der Waals surface area (Å²) in [5.41, 5.74) is 1.26. The van der Waals surface area contributed by atoms with Gasteiger partial charge in [0.2, 0.25) is 0 Å². The molecule has 0 bridgehead atoms. The molecule has 148 valence electrons. The number of fused-ring (bicyclic) bond motifs is 1. The number of halogens is 3. The van der Waals surface area contributed by atoms with Crippen molar-refractivity contribution in [2.75, 3.05) is 0 Å². The summed E-state index contributed by atoms with van der Waals surface area (Å²) in [6.07, 6.45) is -3.10. The lowest BCUT2D eigenvalue weighted by atomic mass is 10.0. The van der Waals surface area contributed by atoms with E-state index in [2.05, 4.69) is 0 Å². The predicted octanol–water partition coefficient (Wildman–Crippen LogP) is 5.87.